The van der Waals surface area contributed by atoms with Crippen molar-refractivity contribution in [1.29, 1.82) is 0 Å². The molecule has 0 radical (unpaired) electrons. The average molecular weight is 168 g/mol. The summed E-state index contributed by atoms with van der Waals surface area (Å²) in [5, 5.41) is 9.56. The van der Waals surface area contributed by atoms with Gasteiger partial charge < -0.3 is 5.11 Å². The van der Waals surface area contributed by atoms with Gasteiger partial charge in [0.25, 0.3) is 0 Å². The molecule has 0 bridgehead atoms. The number of allylic oxidation sites excluding steroid dienone is 1. The molecular formula is C10H16O2. The summed E-state index contributed by atoms with van der Waals surface area (Å²) in [5.74, 6) is 0.141. The number of carbonyl (C=O) groups is 1. The minimum absolute atomic E-state index is 0.141. The van der Waals surface area contributed by atoms with Gasteiger partial charge in [0.15, 0.2) is 5.78 Å². The minimum Gasteiger partial charge on any atom is -0.388 e. The number of ketones is 1. The van der Waals surface area contributed by atoms with Crippen LogP contribution in [0.2, 0.25) is 0 Å². The van der Waals surface area contributed by atoms with Crippen LogP contribution in [0.25, 0.3) is 0 Å². The lowest BCUT2D eigenvalue weighted by molar-refractivity contribution is -0.117. The zero-order valence-corrected chi connectivity index (χ0v) is 7.55. The summed E-state index contributed by atoms with van der Waals surface area (Å²) in [6, 6.07) is 0. The van der Waals surface area contributed by atoms with Gasteiger partial charge in [0.1, 0.15) is 0 Å². The zero-order chi connectivity index (χ0) is 8.97. The van der Waals surface area contributed by atoms with E-state index in [-0.39, 0.29) is 5.78 Å². The van der Waals surface area contributed by atoms with Gasteiger partial charge in [-0.2, -0.15) is 0 Å². The fraction of sp³-hybridized carbons (Fsp3) is 0.700. The standard InChI is InChI=1S/C10H16O2/c1-2-5-9(11)8-6-3-4-7-10(8)12/h6,9,11H,2-5,7H2,1H3. The number of carbonyl (C=O) groups excluding carboxylic acids is 1. The Bertz CT molecular complexity index is 194. The Labute approximate surface area is 73.3 Å². The van der Waals surface area contributed by atoms with Crippen molar-refractivity contribution in [2.75, 3.05) is 0 Å². The van der Waals surface area contributed by atoms with Crippen molar-refractivity contribution in [2.45, 2.75) is 45.1 Å². The summed E-state index contributed by atoms with van der Waals surface area (Å²) in [5.41, 5.74) is 0.656. The van der Waals surface area contributed by atoms with Crippen molar-refractivity contribution in [2.24, 2.45) is 0 Å². The van der Waals surface area contributed by atoms with Gasteiger partial charge in [-0.1, -0.05) is 19.4 Å². The molecule has 0 aromatic rings. The van der Waals surface area contributed by atoms with Crippen LogP contribution in [0.4, 0.5) is 0 Å². The molecule has 0 aliphatic heterocycles. The van der Waals surface area contributed by atoms with Gasteiger partial charge in [-0.05, 0) is 19.3 Å². The van der Waals surface area contributed by atoms with E-state index >= 15 is 0 Å². The molecule has 1 unspecified atom stereocenters. The van der Waals surface area contributed by atoms with Crippen LogP contribution in [0.1, 0.15) is 39.0 Å². The van der Waals surface area contributed by atoms with Crippen LogP contribution in [0.5, 0.6) is 0 Å². The summed E-state index contributed by atoms with van der Waals surface area (Å²) in [6.45, 7) is 2.01. The topological polar surface area (TPSA) is 37.3 Å². The molecule has 2 nitrogen and oxygen atoms in total. The molecule has 1 atom stereocenters. The van der Waals surface area contributed by atoms with Crippen LogP contribution < -0.4 is 0 Å². The highest BCUT2D eigenvalue weighted by Crippen LogP contribution is 2.19. The van der Waals surface area contributed by atoms with E-state index in [1.807, 2.05) is 13.0 Å². The number of Topliss-reactive ketones (excluding diaryl/α,β-unsaturated/α-hetero) is 1. The fourth-order valence-electron chi connectivity index (χ4n) is 1.53. The Morgan fingerprint density at radius 2 is 2.42 bits per heavy atom. The van der Waals surface area contributed by atoms with E-state index in [2.05, 4.69) is 0 Å². The molecule has 0 aromatic heterocycles. The van der Waals surface area contributed by atoms with Crippen molar-refractivity contribution in [3.05, 3.63) is 11.6 Å². The van der Waals surface area contributed by atoms with Gasteiger partial charge in [-0.25, -0.2) is 0 Å². The first-order valence-corrected chi connectivity index (χ1v) is 4.67. The van der Waals surface area contributed by atoms with E-state index in [0.29, 0.717) is 18.4 Å². The second-order valence-corrected chi connectivity index (χ2v) is 3.28. The van der Waals surface area contributed by atoms with Crippen LogP contribution in [-0.4, -0.2) is 17.0 Å². The van der Waals surface area contributed by atoms with E-state index in [4.69, 9.17) is 0 Å². The van der Waals surface area contributed by atoms with Gasteiger partial charge in [0.2, 0.25) is 0 Å². The molecule has 0 fully saturated rings. The highest BCUT2D eigenvalue weighted by molar-refractivity contribution is 5.96. The molecule has 0 heterocycles. The largest absolute Gasteiger partial charge is 0.388 e. The van der Waals surface area contributed by atoms with Crippen molar-refractivity contribution < 1.29 is 9.90 Å². The molecule has 1 N–H and O–H groups in total. The van der Waals surface area contributed by atoms with Crippen LogP contribution in [-0.2, 0) is 4.79 Å². The molecule has 0 amide bonds. The summed E-state index contributed by atoms with van der Waals surface area (Å²) in [7, 11) is 0. The predicted octanol–water partition coefficient (Wildman–Crippen LogP) is 1.83. The van der Waals surface area contributed by atoms with Gasteiger partial charge in [0.05, 0.1) is 6.10 Å². The number of rotatable bonds is 3. The lowest BCUT2D eigenvalue weighted by Gasteiger charge is -2.16. The first-order chi connectivity index (χ1) is 5.75. The highest BCUT2D eigenvalue weighted by Gasteiger charge is 2.19. The first kappa shape index (κ1) is 9.46. The minimum atomic E-state index is -0.511. The van der Waals surface area contributed by atoms with Gasteiger partial charge in [-0.15, -0.1) is 0 Å². The SMILES string of the molecule is CCCC(O)C1=CCCCC1=O. The van der Waals surface area contributed by atoms with Gasteiger partial charge in [-0.3, -0.25) is 4.79 Å². The molecule has 0 spiro atoms. The van der Waals surface area contributed by atoms with Crippen molar-refractivity contribution in [3.63, 3.8) is 0 Å². The Morgan fingerprint density at radius 1 is 1.67 bits per heavy atom. The molecule has 1 rings (SSSR count). The van der Waals surface area contributed by atoms with Crippen LogP contribution in [0.3, 0.4) is 0 Å². The van der Waals surface area contributed by atoms with Crippen molar-refractivity contribution in [3.8, 4) is 0 Å². The molecule has 0 saturated heterocycles. The molecule has 2 heteroatoms. The number of aliphatic hydroxyl groups excluding tert-OH is 1. The summed E-state index contributed by atoms with van der Waals surface area (Å²) in [6.07, 6.45) is 5.52. The first-order valence-electron chi connectivity index (χ1n) is 4.67. The Morgan fingerprint density at radius 3 is 3.00 bits per heavy atom. The Kier molecular flexibility index (Phi) is 3.48. The third kappa shape index (κ3) is 2.18. The Hall–Kier alpha value is -0.630. The maximum absolute atomic E-state index is 11.3. The smallest absolute Gasteiger partial charge is 0.161 e. The lowest BCUT2D eigenvalue weighted by atomic mass is 9.92. The molecule has 12 heavy (non-hydrogen) atoms. The quantitative estimate of drug-likeness (QED) is 0.698. The number of hydrogen-bond acceptors (Lipinski definition) is 2. The highest BCUT2D eigenvalue weighted by atomic mass is 16.3. The lowest BCUT2D eigenvalue weighted by Crippen LogP contribution is -2.20. The Balaban J connectivity index is 2.58. The van der Waals surface area contributed by atoms with E-state index in [0.717, 1.165) is 19.3 Å². The van der Waals surface area contributed by atoms with E-state index in [9.17, 15) is 9.90 Å². The third-order valence-corrected chi connectivity index (χ3v) is 2.22. The molecule has 0 saturated carbocycles. The molecular weight excluding hydrogens is 152 g/mol. The zero-order valence-electron chi connectivity index (χ0n) is 7.55. The van der Waals surface area contributed by atoms with Crippen LogP contribution in [0, 0.1) is 0 Å². The molecule has 68 valence electrons. The third-order valence-electron chi connectivity index (χ3n) is 2.22. The second-order valence-electron chi connectivity index (χ2n) is 3.28. The molecule has 1 aliphatic rings. The number of aliphatic hydroxyl groups is 1. The summed E-state index contributed by atoms with van der Waals surface area (Å²) < 4.78 is 0. The van der Waals surface area contributed by atoms with Gasteiger partial charge >= 0.3 is 0 Å². The monoisotopic (exact) mass is 168 g/mol. The van der Waals surface area contributed by atoms with Gasteiger partial charge in [0, 0.05) is 12.0 Å². The maximum atomic E-state index is 11.3. The molecule has 1 aliphatic carbocycles. The second kappa shape index (κ2) is 4.41. The molecule has 0 aromatic carbocycles. The summed E-state index contributed by atoms with van der Waals surface area (Å²) in [4.78, 5) is 11.3. The predicted molar refractivity (Wildman–Crippen MR) is 47.9 cm³/mol. The number of hydrogen-bond donors (Lipinski definition) is 1. The van der Waals surface area contributed by atoms with Crippen LogP contribution >= 0.6 is 0 Å². The fourth-order valence-corrected chi connectivity index (χ4v) is 1.53. The van der Waals surface area contributed by atoms with E-state index < -0.39 is 6.10 Å². The normalized spacial score (nSPS) is 20.5. The van der Waals surface area contributed by atoms with E-state index in [1.165, 1.54) is 0 Å². The summed E-state index contributed by atoms with van der Waals surface area (Å²) >= 11 is 0. The van der Waals surface area contributed by atoms with Crippen molar-refractivity contribution in [1.82, 2.24) is 0 Å². The maximum Gasteiger partial charge on any atom is 0.161 e. The van der Waals surface area contributed by atoms with E-state index in [1.54, 1.807) is 0 Å². The van der Waals surface area contributed by atoms with Crippen LogP contribution in [0.15, 0.2) is 11.6 Å². The average Bonchev–Trinajstić information content (AvgIpc) is 2.05. The van der Waals surface area contributed by atoms with Crippen molar-refractivity contribution >= 4 is 5.78 Å².